The summed E-state index contributed by atoms with van der Waals surface area (Å²) in [5.41, 5.74) is -4.67. The van der Waals surface area contributed by atoms with Crippen molar-refractivity contribution >= 4 is 33.5 Å². The predicted molar refractivity (Wildman–Crippen MR) is 120 cm³/mol. The molecule has 0 aliphatic rings. The molecule has 16 heteroatoms. The van der Waals surface area contributed by atoms with E-state index >= 15 is 0 Å². The molecule has 10 nitrogen and oxygen atoms in total. The fourth-order valence-electron chi connectivity index (χ4n) is 2.86. The third-order valence-corrected chi connectivity index (χ3v) is 5.49. The van der Waals surface area contributed by atoms with Crippen LogP contribution in [0.1, 0.15) is 5.56 Å². The third kappa shape index (κ3) is 5.67. The monoisotopic (exact) mass is 596 g/mol. The molecule has 0 unspecified atom stereocenters. The Labute approximate surface area is 211 Å². The first-order valence-corrected chi connectivity index (χ1v) is 10.9. The molecule has 192 valence electrons. The van der Waals surface area contributed by atoms with Gasteiger partial charge in [-0.1, -0.05) is 11.6 Å². The van der Waals surface area contributed by atoms with Gasteiger partial charge in [0.05, 0.1) is 11.3 Å². The summed E-state index contributed by atoms with van der Waals surface area (Å²) >= 11 is 9.03. The van der Waals surface area contributed by atoms with Crippen molar-refractivity contribution in [2.75, 3.05) is 13.3 Å². The second-order valence-electron chi connectivity index (χ2n) is 6.96. The van der Waals surface area contributed by atoms with Crippen molar-refractivity contribution in [3.63, 3.8) is 0 Å². The molecule has 0 aliphatic heterocycles. The summed E-state index contributed by atoms with van der Waals surface area (Å²) < 4.78 is 62.4. The molecular weight excluding hydrogens is 584 g/mol. The Morgan fingerprint density at radius 3 is 2.44 bits per heavy atom. The zero-order valence-corrected chi connectivity index (χ0v) is 20.4. The maximum atomic E-state index is 13.0. The fraction of sp³-hybridized carbons (Fsp3) is 0.250. The summed E-state index contributed by atoms with van der Waals surface area (Å²) in [6.07, 6.45) is -4.16. The molecule has 0 saturated carbocycles. The van der Waals surface area contributed by atoms with Crippen LogP contribution in [-0.4, -0.2) is 37.9 Å². The Hall–Kier alpha value is -3.46. The molecule has 3 rings (SSSR count). The molecule has 2 aromatic heterocycles. The van der Waals surface area contributed by atoms with Crippen LogP contribution in [0.25, 0.3) is 5.69 Å². The third-order valence-electron chi connectivity index (χ3n) is 4.55. The van der Waals surface area contributed by atoms with E-state index in [1.165, 1.54) is 12.1 Å². The highest BCUT2D eigenvalue weighted by Crippen LogP contribution is 2.35. The summed E-state index contributed by atoms with van der Waals surface area (Å²) in [6, 6.07) is 4.45. The number of carbonyl (C=O) groups is 1. The van der Waals surface area contributed by atoms with E-state index in [0.29, 0.717) is 26.0 Å². The maximum Gasteiger partial charge on any atom is 0.417 e. The Morgan fingerprint density at radius 1 is 1.14 bits per heavy atom. The van der Waals surface area contributed by atoms with E-state index < -0.39 is 65.5 Å². The molecule has 0 N–H and O–H groups in total. The van der Waals surface area contributed by atoms with E-state index in [9.17, 15) is 36.7 Å². The highest BCUT2D eigenvalue weighted by Gasteiger charge is 2.32. The lowest BCUT2D eigenvalue weighted by Crippen LogP contribution is -2.54. The van der Waals surface area contributed by atoms with Crippen LogP contribution in [0.2, 0.25) is 5.02 Å². The van der Waals surface area contributed by atoms with Gasteiger partial charge in [-0.25, -0.2) is 37.5 Å². The second-order valence-corrected chi connectivity index (χ2v) is 8.22. The second kappa shape index (κ2) is 10.7. The Morgan fingerprint density at radius 2 is 1.83 bits per heavy atom. The summed E-state index contributed by atoms with van der Waals surface area (Å²) in [7, 11) is 1.06. The van der Waals surface area contributed by atoms with E-state index in [0.717, 1.165) is 13.1 Å². The molecule has 0 bridgehead atoms. The predicted octanol–water partition coefficient (Wildman–Crippen LogP) is 2.83. The number of nitrogens with zero attached hydrogens (tertiary/aromatic N) is 4. The lowest BCUT2D eigenvalue weighted by atomic mass is 10.3. The Kier molecular flexibility index (Phi) is 8.03. The van der Waals surface area contributed by atoms with Crippen molar-refractivity contribution in [3.05, 3.63) is 77.0 Å². The van der Waals surface area contributed by atoms with Crippen molar-refractivity contribution in [2.45, 2.75) is 12.7 Å². The van der Waals surface area contributed by atoms with Gasteiger partial charge in [-0.05, 0) is 34.1 Å². The van der Waals surface area contributed by atoms with Crippen LogP contribution in [0.3, 0.4) is 0 Å². The van der Waals surface area contributed by atoms with Gasteiger partial charge in [0.15, 0.2) is 0 Å². The molecular formula is C20H14BrClF4N4O6. The molecule has 3 aromatic rings. The van der Waals surface area contributed by atoms with Gasteiger partial charge >= 0.3 is 29.2 Å². The lowest BCUT2D eigenvalue weighted by molar-refractivity contribution is -0.145. The van der Waals surface area contributed by atoms with Crippen molar-refractivity contribution in [1.29, 1.82) is 0 Å². The number of halogens is 6. The van der Waals surface area contributed by atoms with Crippen LogP contribution < -0.4 is 21.8 Å². The summed E-state index contributed by atoms with van der Waals surface area (Å²) in [6.45, 7) is -2.46. The number of alkyl halides is 4. The van der Waals surface area contributed by atoms with Crippen LogP contribution in [0.15, 0.2) is 49.3 Å². The normalized spacial score (nSPS) is 11.4. The molecule has 2 heterocycles. The minimum atomic E-state index is -4.68. The quantitative estimate of drug-likeness (QED) is 0.304. The number of aromatic nitrogens is 4. The van der Waals surface area contributed by atoms with Gasteiger partial charge in [-0.3, -0.25) is 4.79 Å². The van der Waals surface area contributed by atoms with Crippen LogP contribution in [0.5, 0.6) is 11.6 Å². The average molecular weight is 598 g/mol. The Bertz CT molecular complexity index is 1500. The van der Waals surface area contributed by atoms with E-state index in [-0.39, 0.29) is 15.9 Å². The maximum absolute atomic E-state index is 13.0. The smallest absolute Gasteiger partial charge is 0.417 e. The molecule has 0 radical (unpaired) electrons. The molecule has 0 fully saturated rings. The number of hydrogen-bond acceptors (Lipinski definition) is 7. The standard InChI is InChI=1S/C20H14BrClF4N4O6/c1-28-17(32)29(9-15(31)35-5-4-23)19(34)30(18(28)33)14-7-11(2-3-12(14)21)36-16-13(22)6-10(8-27-16)20(24,25)26/h2-3,6-8H,4-5,9H2,1H3. The highest BCUT2D eigenvalue weighted by molar-refractivity contribution is 9.10. The average Bonchev–Trinajstić information content (AvgIpc) is 2.81. The lowest BCUT2D eigenvalue weighted by Gasteiger charge is -2.14. The van der Waals surface area contributed by atoms with E-state index in [1.54, 1.807) is 0 Å². The molecule has 0 atom stereocenters. The van der Waals surface area contributed by atoms with Gasteiger partial charge in [0.2, 0.25) is 5.88 Å². The highest BCUT2D eigenvalue weighted by atomic mass is 79.9. The van der Waals surface area contributed by atoms with Crippen LogP contribution in [0.4, 0.5) is 17.6 Å². The number of hydrogen-bond donors (Lipinski definition) is 0. The minimum Gasteiger partial charge on any atom is -0.462 e. The van der Waals surface area contributed by atoms with E-state index in [1.807, 2.05) is 0 Å². The first-order chi connectivity index (χ1) is 16.8. The van der Waals surface area contributed by atoms with Gasteiger partial charge in [-0.2, -0.15) is 13.2 Å². The molecule has 0 spiro atoms. The number of rotatable bonds is 7. The van der Waals surface area contributed by atoms with Gasteiger partial charge in [0.1, 0.15) is 30.6 Å². The molecule has 0 saturated heterocycles. The minimum absolute atomic E-state index is 0.0867. The number of benzene rings is 1. The molecule has 36 heavy (non-hydrogen) atoms. The van der Waals surface area contributed by atoms with Crippen molar-refractivity contribution < 1.29 is 31.8 Å². The number of pyridine rings is 1. The van der Waals surface area contributed by atoms with Gasteiger partial charge in [0.25, 0.3) is 0 Å². The van der Waals surface area contributed by atoms with Gasteiger partial charge in [0, 0.05) is 23.8 Å². The zero-order chi connectivity index (χ0) is 26.8. The van der Waals surface area contributed by atoms with Crippen molar-refractivity contribution in [2.24, 2.45) is 7.05 Å². The number of ether oxygens (including phenoxy) is 2. The summed E-state index contributed by atoms with van der Waals surface area (Å²) in [5, 5.41) is -0.456. The summed E-state index contributed by atoms with van der Waals surface area (Å²) in [5.74, 6) is -1.56. The van der Waals surface area contributed by atoms with Crippen molar-refractivity contribution in [3.8, 4) is 17.3 Å². The number of esters is 1. The first-order valence-electron chi connectivity index (χ1n) is 9.70. The first kappa shape index (κ1) is 27.1. The van der Waals surface area contributed by atoms with Crippen LogP contribution in [0, 0.1) is 0 Å². The number of carbonyl (C=O) groups excluding carboxylic acids is 1. The van der Waals surface area contributed by atoms with E-state index in [2.05, 4.69) is 25.7 Å². The van der Waals surface area contributed by atoms with Gasteiger partial charge in [-0.15, -0.1) is 0 Å². The SMILES string of the molecule is Cn1c(=O)n(CC(=O)OCCF)c(=O)n(-c2cc(Oc3ncc(C(F)(F)F)cc3Cl)ccc2Br)c1=O. The fourth-order valence-corrected chi connectivity index (χ4v) is 3.49. The summed E-state index contributed by atoms with van der Waals surface area (Å²) in [4.78, 5) is 53.6. The van der Waals surface area contributed by atoms with Gasteiger partial charge < -0.3 is 9.47 Å². The van der Waals surface area contributed by atoms with Crippen LogP contribution >= 0.6 is 27.5 Å². The van der Waals surface area contributed by atoms with Crippen molar-refractivity contribution in [1.82, 2.24) is 18.7 Å². The Balaban J connectivity index is 2.08. The van der Waals surface area contributed by atoms with E-state index in [4.69, 9.17) is 16.3 Å². The molecule has 0 amide bonds. The molecule has 0 aliphatic carbocycles. The van der Waals surface area contributed by atoms with Crippen LogP contribution in [-0.2, 0) is 29.3 Å². The largest absolute Gasteiger partial charge is 0.462 e. The zero-order valence-electron chi connectivity index (χ0n) is 18.0. The topological polar surface area (TPSA) is 114 Å². The molecule has 1 aromatic carbocycles.